The van der Waals surface area contributed by atoms with Gasteiger partial charge in [-0.2, -0.15) is 0 Å². The molecule has 0 amide bonds. The maximum absolute atomic E-state index is 12.3. The summed E-state index contributed by atoms with van der Waals surface area (Å²) in [4.78, 5) is 14.2. The Labute approximate surface area is 114 Å². The van der Waals surface area contributed by atoms with Crippen molar-refractivity contribution in [2.24, 2.45) is 0 Å². The standard InChI is InChI=1S/C15H22N2O2/c1-17(2)14-9-8-11(16)10-13(14)15(18)19-12-6-4-3-5-7-12/h8-10,12H,3-7,16H2,1-2H3. The summed E-state index contributed by atoms with van der Waals surface area (Å²) in [5.74, 6) is -0.261. The lowest BCUT2D eigenvalue weighted by Gasteiger charge is -2.23. The predicted molar refractivity (Wildman–Crippen MR) is 77.5 cm³/mol. The number of hydrogen-bond acceptors (Lipinski definition) is 4. The zero-order valence-electron chi connectivity index (χ0n) is 11.7. The van der Waals surface area contributed by atoms with Crippen LogP contribution < -0.4 is 10.6 Å². The Kier molecular flexibility index (Phi) is 4.30. The number of rotatable bonds is 3. The van der Waals surface area contributed by atoms with E-state index in [0.29, 0.717) is 11.3 Å². The van der Waals surface area contributed by atoms with Gasteiger partial charge in [0.05, 0.1) is 11.3 Å². The molecule has 0 bridgehead atoms. The number of hydrogen-bond donors (Lipinski definition) is 1. The van der Waals surface area contributed by atoms with Crippen molar-refractivity contribution in [1.82, 2.24) is 0 Å². The van der Waals surface area contributed by atoms with Gasteiger partial charge in [-0.05, 0) is 43.9 Å². The van der Waals surface area contributed by atoms with Crippen LogP contribution in [-0.2, 0) is 4.74 Å². The van der Waals surface area contributed by atoms with Gasteiger partial charge >= 0.3 is 5.97 Å². The highest BCUT2D eigenvalue weighted by Crippen LogP contribution is 2.25. The van der Waals surface area contributed by atoms with Gasteiger partial charge in [0.2, 0.25) is 0 Å². The molecule has 1 fully saturated rings. The van der Waals surface area contributed by atoms with E-state index in [2.05, 4.69) is 0 Å². The molecule has 1 aromatic rings. The van der Waals surface area contributed by atoms with Gasteiger partial charge < -0.3 is 15.4 Å². The highest BCUT2D eigenvalue weighted by atomic mass is 16.5. The normalized spacial score (nSPS) is 16.1. The van der Waals surface area contributed by atoms with Crippen LogP contribution in [0.1, 0.15) is 42.5 Å². The van der Waals surface area contributed by atoms with Gasteiger partial charge in [0.1, 0.15) is 6.10 Å². The van der Waals surface area contributed by atoms with E-state index in [0.717, 1.165) is 31.4 Å². The average molecular weight is 262 g/mol. The van der Waals surface area contributed by atoms with Crippen LogP contribution in [0.25, 0.3) is 0 Å². The number of nitrogens with two attached hydrogens (primary N) is 1. The molecule has 0 aromatic heterocycles. The topological polar surface area (TPSA) is 55.6 Å². The summed E-state index contributed by atoms with van der Waals surface area (Å²) in [5.41, 5.74) is 7.75. The molecule has 1 aliphatic rings. The van der Waals surface area contributed by atoms with E-state index in [1.165, 1.54) is 6.42 Å². The SMILES string of the molecule is CN(C)c1ccc(N)cc1C(=O)OC1CCCCC1. The van der Waals surface area contributed by atoms with Crippen LogP contribution in [0, 0.1) is 0 Å². The quantitative estimate of drug-likeness (QED) is 0.672. The molecule has 0 heterocycles. The summed E-state index contributed by atoms with van der Waals surface area (Å²) in [6.07, 6.45) is 5.56. The third-order valence-corrected chi connectivity index (χ3v) is 3.55. The molecule has 0 spiro atoms. The summed E-state index contributed by atoms with van der Waals surface area (Å²) in [7, 11) is 3.81. The minimum Gasteiger partial charge on any atom is -0.459 e. The van der Waals surface area contributed by atoms with Crippen LogP contribution >= 0.6 is 0 Å². The van der Waals surface area contributed by atoms with Crippen LogP contribution in [0.3, 0.4) is 0 Å². The number of esters is 1. The Morgan fingerprint density at radius 2 is 1.95 bits per heavy atom. The fourth-order valence-corrected chi connectivity index (χ4v) is 2.50. The summed E-state index contributed by atoms with van der Waals surface area (Å²) in [6.45, 7) is 0. The number of anilines is 2. The van der Waals surface area contributed by atoms with Crippen molar-refractivity contribution in [3.63, 3.8) is 0 Å². The zero-order chi connectivity index (χ0) is 13.8. The zero-order valence-corrected chi connectivity index (χ0v) is 11.7. The third kappa shape index (κ3) is 3.40. The summed E-state index contributed by atoms with van der Waals surface area (Å²) >= 11 is 0. The van der Waals surface area contributed by atoms with Crippen molar-refractivity contribution < 1.29 is 9.53 Å². The number of carbonyl (C=O) groups is 1. The summed E-state index contributed by atoms with van der Waals surface area (Å²) in [5, 5.41) is 0. The first kappa shape index (κ1) is 13.7. The molecule has 4 nitrogen and oxygen atoms in total. The fourth-order valence-electron chi connectivity index (χ4n) is 2.50. The Hall–Kier alpha value is -1.71. The molecule has 2 N–H and O–H groups in total. The average Bonchev–Trinajstić information content (AvgIpc) is 2.39. The van der Waals surface area contributed by atoms with E-state index in [4.69, 9.17) is 10.5 Å². The molecule has 0 atom stereocenters. The van der Waals surface area contributed by atoms with Crippen molar-refractivity contribution in [2.75, 3.05) is 24.7 Å². The lowest BCUT2D eigenvalue weighted by atomic mass is 9.98. The van der Waals surface area contributed by atoms with Gasteiger partial charge in [-0.3, -0.25) is 0 Å². The predicted octanol–water partition coefficient (Wildman–Crippen LogP) is 2.82. The smallest absolute Gasteiger partial charge is 0.340 e. The highest BCUT2D eigenvalue weighted by Gasteiger charge is 2.21. The molecule has 4 heteroatoms. The molecular formula is C15H22N2O2. The number of nitrogen functional groups attached to an aromatic ring is 1. The Bertz CT molecular complexity index is 451. The van der Waals surface area contributed by atoms with E-state index in [-0.39, 0.29) is 12.1 Å². The second-order valence-electron chi connectivity index (χ2n) is 5.34. The molecule has 0 saturated heterocycles. The third-order valence-electron chi connectivity index (χ3n) is 3.55. The first-order valence-electron chi connectivity index (χ1n) is 6.86. The fraction of sp³-hybridized carbons (Fsp3) is 0.533. The largest absolute Gasteiger partial charge is 0.459 e. The van der Waals surface area contributed by atoms with Crippen LogP contribution in [-0.4, -0.2) is 26.2 Å². The lowest BCUT2D eigenvalue weighted by Crippen LogP contribution is -2.23. The van der Waals surface area contributed by atoms with Gasteiger partial charge in [-0.15, -0.1) is 0 Å². The van der Waals surface area contributed by atoms with Crippen molar-refractivity contribution >= 4 is 17.3 Å². The Morgan fingerprint density at radius 1 is 1.26 bits per heavy atom. The first-order chi connectivity index (χ1) is 9.08. The van der Waals surface area contributed by atoms with E-state index in [9.17, 15) is 4.79 Å². The number of nitrogens with zero attached hydrogens (tertiary/aromatic N) is 1. The molecule has 1 saturated carbocycles. The summed E-state index contributed by atoms with van der Waals surface area (Å²) in [6, 6.07) is 5.35. The van der Waals surface area contributed by atoms with Gasteiger partial charge in [-0.1, -0.05) is 6.42 Å². The lowest BCUT2D eigenvalue weighted by molar-refractivity contribution is 0.0212. The number of ether oxygens (including phenoxy) is 1. The Morgan fingerprint density at radius 3 is 2.58 bits per heavy atom. The second kappa shape index (κ2) is 5.95. The van der Waals surface area contributed by atoms with Crippen molar-refractivity contribution in [3.05, 3.63) is 23.8 Å². The molecule has 1 aromatic carbocycles. The minimum atomic E-state index is -0.261. The maximum Gasteiger partial charge on any atom is 0.340 e. The number of carbonyl (C=O) groups excluding carboxylic acids is 1. The monoisotopic (exact) mass is 262 g/mol. The molecular weight excluding hydrogens is 240 g/mol. The van der Waals surface area contributed by atoms with E-state index in [1.807, 2.05) is 25.1 Å². The first-order valence-corrected chi connectivity index (χ1v) is 6.86. The molecule has 1 aliphatic carbocycles. The summed E-state index contributed by atoms with van der Waals surface area (Å²) < 4.78 is 5.60. The van der Waals surface area contributed by atoms with Gasteiger partial charge in [0, 0.05) is 19.8 Å². The second-order valence-corrected chi connectivity index (χ2v) is 5.34. The molecule has 0 aliphatic heterocycles. The maximum atomic E-state index is 12.3. The Balaban J connectivity index is 2.15. The molecule has 19 heavy (non-hydrogen) atoms. The highest BCUT2D eigenvalue weighted by molar-refractivity contribution is 5.97. The molecule has 2 rings (SSSR count). The van der Waals surface area contributed by atoms with E-state index < -0.39 is 0 Å². The minimum absolute atomic E-state index is 0.0673. The molecule has 0 unspecified atom stereocenters. The van der Waals surface area contributed by atoms with Gasteiger partial charge in [0.15, 0.2) is 0 Å². The van der Waals surface area contributed by atoms with Crippen molar-refractivity contribution in [1.29, 1.82) is 0 Å². The van der Waals surface area contributed by atoms with Gasteiger partial charge in [0.25, 0.3) is 0 Å². The van der Waals surface area contributed by atoms with Crippen molar-refractivity contribution in [2.45, 2.75) is 38.2 Å². The van der Waals surface area contributed by atoms with E-state index in [1.54, 1.807) is 12.1 Å². The van der Waals surface area contributed by atoms with Crippen LogP contribution in [0.2, 0.25) is 0 Å². The number of benzene rings is 1. The van der Waals surface area contributed by atoms with Crippen molar-refractivity contribution in [3.8, 4) is 0 Å². The van der Waals surface area contributed by atoms with Crippen LogP contribution in [0.15, 0.2) is 18.2 Å². The van der Waals surface area contributed by atoms with Crippen LogP contribution in [0.4, 0.5) is 11.4 Å². The molecule has 104 valence electrons. The van der Waals surface area contributed by atoms with Crippen LogP contribution in [0.5, 0.6) is 0 Å². The molecule has 0 radical (unpaired) electrons. The van der Waals surface area contributed by atoms with E-state index >= 15 is 0 Å². The van der Waals surface area contributed by atoms with Gasteiger partial charge in [-0.25, -0.2) is 4.79 Å².